The third-order valence-electron chi connectivity index (χ3n) is 1.16. The molecule has 0 aliphatic carbocycles. The molecule has 11 heavy (non-hydrogen) atoms. The highest BCUT2D eigenvalue weighted by Gasteiger charge is 1.98. The van der Waals surface area contributed by atoms with Crippen molar-refractivity contribution in [3.63, 3.8) is 0 Å². The van der Waals surface area contributed by atoms with Crippen LogP contribution in [-0.4, -0.2) is 5.97 Å². The Morgan fingerprint density at radius 3 is 2.64 bits per heavy atom. The maximum Gasteiger partial charge on any atom is 0.0715 e. The average molecular weight is 234 g/mol. The molecule has 1 aromatic rings. The van der Waals surface area contributed by atoms with Crippen molar-refractivity contribution >= 4 is 33.5 Å². The van der Waals surface area contributed by atoms with Crippen molar-refractivity contribution in [2.24, 2.45) is 0 Å². The van der Waals surface area contributed by atoms with Gasteiger partial charge in [-0.1, -0.05) is 17.7 Å². The van der Waals surface area contributed by atoms with Gasteiger partial charge in [-0.25, -0.2) is 0 Å². The molecule has 0 unspecified atom stereocenters. The van der Waals surface area contributed by atoms with Crippen molar-refractivity contribution in [1.29, 1.82) is 0 Å². The fourth-order valence-electron chi connectivity index (χ4n) is 0.623. The van der Waals surface area contributed by atoms with Crippen molar-refractivity contribution in [2.75, 3.05) is 0 Å². The first-order valence-corrected chi connectivity index (χ1v) is 3.95. The molecule has 0 aliphatic heterocycles. The molecule has 0 aromatic heterocycles. The van der Waals surface area contributed by atoms with Crippen LogP contribution in [-0.2, 0) is 0 Å². The Labute approximate surface area is 76.9 Å². The van der Waals surface area contributed by atoms with Crippen LogP contribution in [0.15, 0.2) is 22.7 Å². The topological polar surface area (TPSA) is 40.1 Å². The van der Waals surface area contributed by atoms with E-state index in [1.54, 1.807) is 0 Å². The molecule has 0 radical (unpaired) electrons. The average Bonchev–Trinajstić information content (AvgIpc) is 1.94. The molecule has 0 atom stereocenters. The lowest BCUT2D eigenvalue weighted by Crippen LogP contribution is -2.21. The lowest BCUT2D eigenvalue weighted by atomic mass is 10.2. The van der Waals surface area contributed by atoms with Crippen molar-refractivity contribution in [1.82, 2.24) is 0 Å². The molecule has 1 aromatic carbocycles. The molecule has 0 bridgehead atoms. The molecule has 2 nitrogen and oxygen atoms in total. The molecule has 0 fully saturated rings. The highest BCUT2D eigenvalue weighted by Crippen LogP contribution is 2.22. The molecule has 1 rings (SSSR count). The van der Waals surface area contributed by atoms with E-state index >= 15 is 0 Å². The first-order chi connectivity index (χ1) is 5.11. The lowest BCUT2D eigenvalue weighted by Gasteiger charge is -2.02. The minimum atomic E-state index is -1.21. The fraction of sp³-hybridized carbons (Fsp3) is 0. The van der Waals surface area contributed by atoms with Crippen molar-refractivity contribution in [2.45, 2.75) is 0 Å². The highest BCUT2D eigenvalue weighted by molar-refractivity contribution is 9.10. The summed E-state index contributed by atoms with van der Waals surface area (Å²) in [5, 5.41) is 10.8. The number of rotatable bonds is 1. The standard InChI is InChI=1S/C7H4BrClO2/c8-5-3-4(7(10)11)1-2-6(5)9/h1-3H,(H,10,11)/p-1. The van der Waals surface area contributed by atoms with Gasteiger partial charge in [-0.2, -0.15) is 0 Å². The van der Waals surface area contributed by atoms with Crippen molar-refractivity contribution < 1.29 is 9.90 Å². The number of carbonyl (C=O) groups excluding carboxylic acids is 1. The van der Waals surface area contributed by atoms with E-state index in [0.29, 0.717) is 9.50 Å². The van der Waals surface area contributed by atoms with Crippen LogP contribution in [0.1, 0.15) is 10.4 Å². The SMILES string of the molecule is O=C([O-])c1ccc(Cl)c(Br)c1. The Balaban J connectivity index is 3.15. The van der Waals surface area contributed by atoms with Gasteiger partial charge in [0.15, 0.2) is 0 Å². The summed E-state index contributed by atoms with van der Waals surface area (Å²) >= 11 is 8.72. The number of aromatic carboxylic acids is 1. The van der Waals surface area contributed by atoms with E-state index in [1.807, 2.05) is 0 Å². The number of hydrogen-bond acceptors (Lipinski definition) is 2. The quantitative estimate of drug-likeness (QED) is 0.738. The summed E-state index contributed by atoms with van der Waals surface area (Å²) in [5.74, 6) is -1.21. The second kappa shape index (κ2) is 3.24. The molecule has 0 amide bonds. The van der Waals surface area contributed by atoms with Crippen LogP contribution in [0.3, 0.4) is 0 Å². The van der Waals surface area contributed by atoms with Gasteiger partial charge in [0.2, 0.25) is 0 Å². The molecule has 0 aliphatic rings. The second-order valence-electron chi connectivity index (χ2n) is 1.92. The summed E-state index contributed by atoms with van der Waals surface area (Å²) in [7, 11) is 0. The van der Waals surface area contributed by atoms with E-state index in [9.17, 15) is 9.90 Å². The molecule has 4 heteroatoms. The van der Waals surface area contributed by atoms with Gasteiger partial charge >= 0.3 is 0 Å². The zero-order valence-corrected chi connectivity index (χ0v) is 7.65. The minimum Gasteiger partial charge on any atom is -0.545 e. The fourth-order valence-corrected chi connectivity index (χ4v) is 1.12. The monoisotopic (exact) mass is 233 g/mol. The molecular weight excluding hydrogens is 231 g/mol. The Bertz CT molecular complexity index is 298. The largest absolute Gasteiger partial charge is 0.545 e. The van der Waals surface area contributed by atoms with E-state index in [0.717, 1.165) is 0 Å². The van der Waals surface area contributed by atoms with Crippen molar-refractivity contribution in [3.05, 3.63) is 33.3 Å². The summed E-state index contributed by atoms with van der Waals surface area (Å²) in [6.07, 6.45) is 0. The third-order valence-corrected chi connectivity index (χ3v) is 2.37. The van der Waals surface area contributed by atoms with E-state index < -0.39 is 5.97 Å². The summed E-state index contributed by atoms with van der Waals surface area (Å²) in [4.78, 5) is 10.3. The van der Waals surface area contributed by atoms with Gasteiger partial charge in [0.1, 0.15) is 0 Å². The van der Waals surface area contributed by atoms with Crippen molar-refractivity contribution in [3.8, 4) is 0 Å². The van der Waals surface area contributed by atoms with Gasteiger partial charge in [-0.05, 0) is 33.6 Å². The predicted molar refractivity (Wildman–Crippen MR) is 43.5 cm³/mol. The molecule has 58 valence electrons. The summed E-state index contributed by atoms with van der Waals surface area (Å²) in [6.45, 7) is 0. The summed E-state index contributed by atoms with van der Waals surface area (Å²) in [5.41, 5.74) is 0.112. The van der Waals surface area contributed by atoms with Crippen LogP contribution in [0.4, 0.5) is 0 Å². The van der Waals surface area contributed by atoms with Gasteiger partial charge < -0.3 is 9.90 Å². The Morgan fingerprint density at radius 2 is 2.18 bits per heavy atom. The Hall–Kier alpha value is -0.540. The molecule has 0 spiro atoms. The predicted octanol–water partition coefficient (Wildman–Crippen LogP) is 1.47. The minimum absolute atomic E-state index is 0.112. The zero-order chi connectivity index (χ0) is 8.43. The second-order valence-corrected chi connectivity index (χ2v) is 3.18. The van der Waals surface area contributed by atoms with Crippen LogP contribution >= 0.6 is 27.5 Å². The van der Waals surface area contributed by atoms with Crippen LogP contribution in [0.5, 0.6) is 0 Å². The Morgan fingerprint density at radius 1 is 1.55 bits per heavy atom. The highest BCUT2D eigenvalue weighted by atomic mass is 79.9. The van der Waals surface area contributed by atoms with E-state index in [-0.39, 0.29) is 5.56 Å². The van der Waals surface area contributed by atoms with Crippen LogP contribution < -0.4 is 5.11 Å². The molecule has 0 heterocycles. The van der Waals surface area contributed by atoms with Gasteiger partial charge in [-0.15, -0.1) is 0 Å². The zero-order valence-electron chi connectivity index (χ0n) is 5.30. The molecular formula is C7H3BrClO2-. The molecule has 0 N–H and O–H groups in total. The van der Waals surface area contributed by atoms with Gasteiger partial charge in [0.25, 0.3) is 0 Å². The van der Waals surface area contributed by atoms with Gasteiger partial charge in [0.05, 0.1) is 11.0 Å². The lowest BCUT2D eigenvalue weighted by molar-refractivity contribution is -0.255. The van der Waals surface area contributed by atoms with E-state index in [2.05, 4.69) is 15.9 Å². The number of carboxylic acids is 1. The van der Waals surface area contributed by atoms with Crippen LogP contribution in [0.25, 0.3) is 0 Å². The maximum absolute atomic E-state index is 10.3. The van der Waals surface area contributed by atoms with Gasteiger partial charge in [0, 0.05) is 4.47 Å². The summed E-state index contributed by atoms with van der Waals surface area (Å²) in [6, 6.07) is 4.29. The Kier molecular flexibility index (Phi) is 2.52. The van der Waals surface area contributed by atoms with Gasteiger partial charge in [-0.3, -0.25) is 0 Å². The summed E-state index contributed by atoms with van der Waals surface area (Å²) < 4.78 is 0.556. The number of carboxylic acid groups (broad SMARTS) is 1. The molecule has 0 saturated heterocycles. The van der Waals surface area contributed by atoms with Crippen LogP contribution in [0, 0.1) is 0 Å². The number of carbonyl (C=O) groups is 1. The number of halogens is 2. The number of benzene rings is 1. The smallest absolute Gasteiger partial charge is 0.0715 e. The molecule has 0 saturated carbocycles. The van der Waals surface area contributed by atoms with E-state index in [4.69, 9.17) is 11.6 Å². The normalized spacial score (nSPS) is 9.64. The first kappa shape index (κ1) is 8.56. The number of hydrogen-bond donors (Lipinski definition) is 0. The third kappa shape index (κ3) is 1.94. The van der Waals surface area contributed by atoms with Crippen LogP contribution in [0.2, 0.25) is 5.02 Å². The maximum atomic E-state index is 10.3. The first-order valence-electron chi connectivity index (χ1n) is 2.77. The van der Waals surface area contributed by atoms with E-state index in [1.165, 1.54) is 18.2 Å².